The second-order valence-corrected chi connectivity index (χ2v) is 10.2. The van der Waals surface area contributed by atoms with E-state index in [4.69, 9.17) is 32.5 Å². The summed E-state index contributed by atoms with van der Waals surface area (Å²) in [5, 5.41) is 42.2. The Morgan fingerprint density at radius 2 is 1.13 bits per heavy atom. The Kier molecular flexibility index (Phi) is 13.1. The van der Waals surface area contributed by atoms with Gasteiger partial charge in [0, 0.05) is 33.3 Å². The number of ether oxygens (including phenoxy) is 2. The van der Waals surface area contributed by atoms with Gasteiger partial charge in [-0.15, -0.1) is 12.6 Å². The lowest BCUT2D eigenvalue weighted by Gasteiger charge is -2.08. The summed E-state index contributed by atoms with van der Waals surface area (Å²) in [4.78, 5) is 41.1. The molecule has 45 heavy (non-hydrogen) atoms. The Labute approximate surface area is 268 Å². The van der Waals surface area contributed by atoms with Gasteiger partial charge in [-0.2, -0.15) is 0 Å². The van der Waals surface area contributed by atoms with Crippen LogP contribution in [0.25, 0.3) is 0 Å². The molecule has 4 N–H and O–H groups in total. The number of hydrogen-bond donors (Lipinski definition) is 3. The van der Waals surface area contributed by atoms with Gasteiger partial charge < -0.3 is 20.9 Å². The molecule has 0 aliphatic rings. The van der Waals surface area contributed by atoms with Gasteiger partial charge in [0.15, 0.2) is 0 Å². The summed E-state index contributed by atoms with van der Waals surface area (Å²) < 4.78 is 10.0. The molecule has 0 fully saturated rings. The molecule has 236 valence electrons. The number of non-ortho nitro benzene ring substituents is 2. The topological polar surface area (TPSA) is 243 Å². The van der Waals surface area contributed by atoms with Crippen molar-refractivity contribution in [2.45, 2.75) is 14.7 Å². The smallest absolute Gasteiger partial charge is 0.294 e. The van der Waals surface area contributed by atoms with Crippen LogP contribution < -0.4 is 20.9 Å². The number of nitro benzene ring substituents is 4. The van der Waals surface area contributed by atoms with E-state index in [1.54, 1.807) is 43.5 Å². The lowest BCUT2D eigenvalue weighted by atomic mass is 10.3. The number of benzene rings is 4. The zero-order valence-corrected chi connectivity index (χ0v) is 25.7. The molecule has 16 nitrogen and oxygen atoms in total. The van der Waals surface area contributed by atoms with E-state index in [1.807, 2.05) is 0 Å². The van der Waals surface area contributed by atoms with Crippen LogP contribution in [0.2, 0.25) is 5.02 Å². The predicted octanol–water partition coefficient (Wildman–Crippen LogP) is 6.97. The van der Waals surface area contributed by atoms with Crippen LogP contribution in [0.3, 0.4) is 0 Å². The first-order valence-electron chi connectivity index (χ1n) is 11.9. The number of hydrogen-bond acceptors (Lipinski definition) is 14. The minimum Gasteiger partial charge on any atom is -0.497 e. The summed E-state index contributed by atoms with van der Waals surface area (Å²) in [6, 6.07) is 16.8. The van der Waals surface area contributed by atoms with Gasteiger partial charge >= 0.3 is 0 Å². The fourth-order valence-corrected chi connectivity index (χ4v) is 4.46. The van der Waals surface area contributed by atoms with Crippen LogP contribution in [0.5, 0.6) is 11.5 Å². The average Bonchev–Trinajstić information content (AvgIpc) is 3.00. The second kappa shape index (κ2) is 16.5. The highest BCUT2D eigenvalue weighted by Crippen LogP contribution is 2.40. The van der Waals surface area contributed by atoms with Crippen molar-refractivity contribution in [1.29, 1.82) is 0 Å². The van der Waals surface area contributed by atoms with Crippen LogP contribution in [0, 0.1) is 40.5 Å². The maximum atomic E-state index is 11.1. The summed E-state index contributed by atoms with van der Waals surface area (Å²) in [5.41, 5.74) is 11.0. The molecule has 0 spiro atoms. The molecule has 4 rings (SSSR count). The molecule has 0 amide bonds. The summed E-state index contributed by atoms with van der Waals surface area (Å²) in [6.07, 6.45) is 0. The Balaban J connectivity index is 0.000000259. The highest BCUT2D eigenvalue weighted by Gasteiger charge is 2.21. The summed E-state index contributed by atoms with van der Waals surface area (Å²) in [7, 11) is 3.10. The molecular weight excluding hydrogens is 656 g/mol. The van der Waals surface area contributed by atoms with E-state index in [1.165, 1.54) is 19.2 Å². The number of anilines is 2. The summed E-state index contributed by atoms with van der Waals surface area (Å²) in [6.45, 7) is 0. The highest BCUT2D eigenvalue weighted by molar-refractivity contribution is 7.99. The van der Waals surface area contributed by atoms with Crippen molar-refractivity contribution in [3.8, 4) is 11.5 Å². The first-order chi connectivity index (χ1) is 21.2. The minimum absolute atomic E-state index is 0.115. The molecule has 0 saturated carbocycles. The van der Waals surface area contributed by atoms with Crippen LogP contribution in [0.15, 0.2) is 87.5 Å². The van der Waals surface area contributed by atoms with Gasteiger partial charge in [-0.3, -0.25) is 40.5 Å². The third-order valence-electron chi connectivity index (χ3n) is 5.37. The van der Waals surface area contributed by atoms with Gasteiger partial charge in [-0.05, 0) is 48.5 Å². The monoisotopic (exact) mass is 678 g/mol. The Morgan fingerprint density at radius 3 is 1.62 bits per heavy atom. The maximum Gasteiger partial charge on any atom is 0.294 e. The molecule has 0 atom stereocenters. The molecule has 4 aromatic rings. The summed E-state index contributed by atoms with van der Waals surface area (Å²) in [5.74, 6) is 1.33. The second-order valence-electron chi connectivity index (χ2n) is 8.25. The van der Waals surface area contributed by atoms with Crippen LogP contribution >= 0.6 is 36.0 Å². The van der Waals surface area contributed by atoms with Crippen LogP contribution in [-0.2, 0) is 0 Å². The zero-order valence-electron chi connectivity index (χ0n) is 23.2. The van der Waals surface area contributed by atoms with Gasteiger partial charge in [0.1, 0.15) is 16.5 Å². The fourth-order valence-electron chi connectivity index (χ4n) is 3.10. The fraction of sp³-hybridized carbons (Fsp3) is 0.0769. The SMILES string of the molecule is COc1ccc(N)c(S)c1.COc1ccc(N)c(Sc2ccc([N+](=O)[O-])cc2[N+](=O)[O-])c1.O=[N+]([O-])c1ccc(Cl)c([N+](=O)[O-])c1. The van der Waals surface area contributed by atoms with E-state index in [0.717, 1.165) is 46.7 Å². The quantitative estimate of drug-likeness (QED) is 0.0738. The van der Waals surface area contributed by atoms with Crippen molar-refractivity contribution in [2.75, 3.05) is 25.7 Å². The van der Waals surface area contributed by atoms with E-state index in [-0.39, 0.29) is 27.0 Å². The molecule has 0 radical (unpaired) electrons. The lowest BCUT2D eigenvalue weighted by Crippen LogP contribution is -1.95. The minimum atomic E-state index is -0.769. The molecule has 0 heterocycles. The largest absolute Gasteiger partial charge is 0.497 e. The van der Waals surface area contributed by atoms with Crippen molar-refractivity contribution in [2.24, 2.45) is 0 Å². The first-order valence-corrected chi connectivity index (χ1v) is 13.6. The van der Waals surface area contributed by atoms with Crippen molar-refractivity contribution >= 4 is 70.1 Å². The first kappa shape index (κ1) is 35.9. The Morgan fingerprint density at radius 1 is 0.644 bits per heavy atom. The number of halogens is 1. The number of rotatable bonds is 8. The van der Waals surface area contributed by atoms with Crippen molar-refractivity contribution in [3.05, 3.63) is 118 Å². The van der Waals surface area contributed by atoms with E-state index >= 15 is 0 Å². The van der Waals surface area contributed by atoms with Crippen molar-refractivity contribution in [3.63, 3.8) is 0 Å². The molecule has 0 bridgehead atoms. The van der Waals surface area contributed by atoms with Crippen LogP contribution in [0.4, 0.5) is 34.1 Å². The van der Waals surface area contributed by atoms with Gasteiger partial charge in [-0.1, -0.05) is 23.4 Å². The van der Waals surface area contributed by atoms with E-state index < -0.39 is 25.4 Å². The van der Waals surface area contributed by atoms with Gasteiger partial charge in [0.25, 0.3) is 22.7 Å². The Bertz CT molecular complexity index is 1740. The number of methoxy groups -OCH3 is 2. The normalized spacial score (nSPS) is 9.87. The number of thiol groups is 1. The number of nitrogens with zero attached hydrogens (tertiary/aromatic N) is 4. The molecular formula is C26H23ClN6O10S2. The average molecular weight is 679 g/mol. The van der Waals surface area contributed by atoms with Gasteiger partial charge in [0.05, 0.1) is 50.9 Å². The molecule has 0 aliphatic carbocycles. The zero-order chi connectivity index (χ0) is 33.8. The maximum absolute atomic E-state index is 11.1. The van der Waals surface area contributed by atoms with E-state index in [0.29, 0.717) is 22.0 Å². The van der Waals surface area contributed by atoms with E-state index in [2.05, 4.69) is 12.6 Å². The molecule has 0 unspecified atom stereocenters. The summed E-state index contributed by atoms with van der Waals surface area (Å²) >= 11 is 10.6. The van der Waals surface area contributed by atoms with Crippen molar-refractivity contribution in [1.82, 2.24) is 0 Å². The molecule has 4 aromatic carbocycles. The standard InChI is InChI=1S/C13H11N3O5S.C7H9NOS.C6H3ClN2O4/c1-21-9-3-4-10(14)13(7-9)22-12-5-2-8(15(17)18)6-11(12)16(19)20;1-9-5-2-3-6(8)7(10)4-5;7-5-2-1-4(8(10)11)3-6(5)9(12)13/h2-7H,14H2,1H3;2-4,10H,8H2,1H3;1-3H. The van der Waals surface area contributed by atoms with Crippen LogP contribution in [0.1, 0.15) is 0 Å². The lowest BCUT2D eigenvalue weighted by molar-refractivity contribution is -0.396. The molecule has 19 heteroatoms. The molecule has 0 saturated heterocycles. The third kappa shape index (κ3) is 10.4. The predicted molar refractivity (Wildman–Crippen MR) is 171 cm³/mol. The highest BCUT2D eigenvalue weighted by atomic mass is 35.5. The number of nitrogens with two attached hydrogens (primary N) is 2. The number of nitrogen functional groups attached to an aromatic ring is 2. The Hall–Kier alpha value is -5.33. The van der Waals surface area contributed by atoms with Crippen molar-refractivity contribution < 1.29 is 29.2 Å². The third-order valence-corrected chi connectivity index (χ3v) is 7.21. The van der Waals surface area contributed by atoms with E-state index in [9.17, 15) is 40.5 Å². The van der Waals surface area contributed by atoms with Crippen LogP contribution in [-0.4, -0.2) is 33.9 Å². The van der Waals surface area contributed by atoms with Gasteiger partial charge in [0.2, 0.25) is 0 Å². The molecule has 0 aliphatic heterocycles. The number of nitro groups is 4. The molecule has 0 aromatic heterocycles. The van der Waals surface area contributed by atoms with Gasteiger partial charge in [-0.25, -0.2) is 0 Å².